The second kappa shape index (κ2) is 5.33. The van der Waals surface area contributed by atoms with Crippen LogP contribution >= 0.6 is 0 Å². The maximum Gasteiger partial charge on any atom is 0.238 e. The van der Waals surface area contributed by atoms with Crippen molar-refractivity contribution < 1.29 is 14.3 Å². The third-order valence-electron chi connectivity index (χ3n) is 5.40. The summed E-state index contributed by atoms with van der Waals surface area (Å²) in [7, 11) is 0. The minimum Gasteiger partial charge on any atom is -0.492 e. The van der Waals surface area contributed by atoms with Gasteiger partial charge in [-0.2, -0.15) is 0 Å². The van der Waals surface area contributed by atoms with Crippen LogP contribution in [0.25, 0.3) is 0 Å². The maximum absolute atomic E-state index is 13.1. The Bertz CT molecular complexity index is 754. The van der Waals surface area contributed by atoms with Crippen LogP contribution in [0.15, 0.2) is 47.6 Å². The largest absolute Gasteiger partial charge is 0.492 e. The highest BCUT2D eigenvalue weighted by molar-refractivity contribution is 6.23. The Morgan fingerprint density at radius 2 is 1.62 bits per heavy atom. The van der Waals surface area contributed by atoms with Crippen molar-refractivity contribution >= 4 is 17.5 Å². The molecule has 2 bridgehead atoms. The summed E-state index contributed by atoms with van der Waals surface area (Å²) in [5.41, 5.74) is 3.07. The predicted molar refractivity (Wildman–Crippen MR) is 91.6 cm³/mol. The lowest BCUT2D eigenvalue weighted by Gasteiger charge is -2.21. The van der Waals surface area contributed by atoms with Gasteiger partial charge in [-0.25, -0.2) is 4.90 Å². The van der Waals surface area contributed by atoms with E-state index in [-0.39, 0.29) is 35.5 Å². The molecule has 0 spiro atoms. The van der Waals surface area contributed by atoms with Gasteiger partial charge in [0, 0.05) is 11.8 Å². The number of benzene rings is 1. The molecule has 2 fully saturated rings. The summed E-state index contributed by atoms with van der Waals surface area (Å²) in [4.78, 5) is 27.6. The predicted octanol–water partition coefficient (Wildman–Crippen LogP) is 3.34. The molecular formula is C20H21NO3. The number of carbonyl (C=O) groups excluding carboxylic acids is 2. The average molecular weight is 323 g/mol. The normalized spacial score (nSPS) is 30.3. The van der Waals surface area contributed by atoms with Crippen LogP contribution < -0.4 is 9.64 Å². The molecule has 0 N–H and O–H groups in total. The van der Waals surface area contributed by atoms with Crippen LogP contribution in [-0.4, -0.2) is 18.4 Å². The van der Waals surface area contributed by atoms with Crippen LogP contribution in [0.2, 0.25) is 0 Å². The summed E-state index contributed by atoms with van der Waals surface area (Å²) in [6.07, 6.45) is 4.22. The van der Waals surface area contributed by atoms with Crippen LogP contribution in [0.1, 0.15) is 20.8 Å². The molecule has 1 heterocycles. The molecule has 1 aromatic carbocycles. The molecule has 2 amide bonds. The Kier molecular flexibility index (Phi) is 3.37. The van der Waals surface area contributed by atoms with E-state index in [1.807, 2.05) is 25.1 Å². The van der Waals surface area contributed by atoms with Gasteiger partial charge in [-0.05, 0) is 32.9 Å². The minimum atomic E-state index is -0.257. The number of para-hydroxylation sites is 2. The van der Waals surface area contributed by atoms with Crippen molar-refractivity contribution in [3.05, 3.63) is 47.6 Å². The number of allylic oxidation sites excluding steroid dienone is 4. The Morgan fingerprint density at radius 3 is 2.17 bits per heavy atom. The molecule has 4 heteroatoms. The smallest absolute Gasteiger partial charge is 0.238 e. The van der Waals surface area contributed by atoms with Gasteiger partial charge in [0.05, 0.1) is 24.1 Å². The molecule has 2 aliphatic carbocycles. The number of fused-ring (bicyclic) bond motifs is 5. The molecular weight excluding hydrogens is 302 g/mol. The van der Waals surface area contributed by atoms with Crippen molar-refractivity contribution in [3.63, 3.8) is 0 Å². The number of rotatable bonds is 3. The van der Waals surface area contributed by atoms with Crippen LogP contribution in [0.5, 0.6) is 5.75 Å². The van der Waals surface area contributed by atoms with Gasteiger partial charge in [0.1, 0.15) is 5.75 Å². The van der Waals surface area contributed by atoms with E-state index in [2.05, 4.69) is 26.0 Å². The van der Waals surface area contributed by atoms with E-state index in [0.717, 1.165) is 0 Å². The number of anilines is 1. The first-order valence-corrected chi connectivity index (χ1v) is 8.51. The van der Waals surface area contributed by atoms with Crippen molar-refractivity contribution in [3.8, 4) is 5.75 Å². The van der Waals surface area contributed by atoms with E-state index in [4.69, 9.17) is 4.74 Å². The summed E-state index contributed by atoms with van der Waals surface area (Å²) < 4.78 is 5.63. The fraction of sp³-hybridized carbons (Fsp3) is 0.400. The first-order chi connectivity index (χ1) is 11.6. The Labute approximate surface area is 141 Å². The fourth-order valence-electron chi connectivity index (χ4n) is 4.59. The summed E-state index contributed by atoms with van der Waals surface area (Å²) in [5.74, 6) is 0.0421. The lowest BCUT2D eigenvalue weighted by molar-refractivity contribution is -0.123. The quantitative estimate of drug-likeness (QED) is 0.633. The van der Waals surface area contributed by atoms with Gasteiger partial charge in [-0.15, -0.1) is 0 Å². The van der Waals surface area contributed by atoms with E-state index in [1.165, 1.54) is 16.0 Å². The molecule has 4 nitrogen and oxygen atoms in total. The lowest BCUT2D eigenvalue weighted by atomic mass is 9.85. The first-order valence-electron chi connectivity index (χ1n) is 8.51. The highest BCUT2D eigenvalue weighted by Crippen LogP contribution is 2.57. The van der Waals surface area contributed by atoms with Gasteiger partial charge >= 0.3 is 0 Å². The van der Waals surface area contributed by atoms with Gasteiger partial charge in [0.2, 0.25) is 11.8 Å². The molecule has 24 heavy (non-hydrogen) atoms. The Hall–Kier alpha value is -2.36. The molecule has 1 aromatic rings. The topological polar surface area (TPSA) is 46.6 Å². The van der Waals surface area contributed by atoms with Gasteiger partial charge < -0.3 is 4.74 Å². The lowest BCUT2D eigenvalue weighted by Crippen LogP contribution is -2.33. The SMILES string of the molecule is CCOc1ccccc1N1C(=O)[C@@H]2[C@@H](C1=O)[C@@H]1C=C[C@@H]2C1=C(C)C. The summed E-state index contributed by atoms with van der Waals surface area (Å²) in [5, 5.41) is 0. The number of carbonyl (C=O) groups is 2. The monoisotopic (exact) mass is 323 g/mol. The third-order valence-corrected chi connectivity index (χ3v) is 5.40. The number of nitrogens with zero attached hydrogens (tertiary/aromatic N) is 1. The summed E-state index contributed by atoms with van der Waals surface area (Å²) in [6, 6.07) is 7.29. The zero-order valence-electron chi connectivity index (χ0n) is 14.2. The summed E-state index contributed by atoms with van der Waals surface area (Å²) in [6.45, 7) is 6.53. The van der Waals surface area contributed by atoms with E-state index in [1.54, 1.807) is 6.07 Å². The number of imide groups is 1. The number of ether oxygens (including phenoxy) is 1. The van der Waals surface area contributed by atoms with E-state index < -0.39 is 0 Å². The number of amides is 2. The molecule has 0 aromatic heterocycles. The molecule has 1 aliphatic heterocycles. The van der Waals surface area contributed by atoms with Crippen LogP contribution in [0.3, 0.4) is 0 Å². The van der Waals surface area contributed by atoms with Crippen molar-refractivity contribution in [1.82, 2.24) is 0 Å². The van der Waals surface area contributed by atoms with Gasteiger partial charge in [-0.3, -0.25) is 9.59 Å². The van der Waals surface area contributed by atoms with Crippen LogP contribution in [0.4, 0.5) is 5.69 Å². The highest BCUT2D eigenvalue weighted by atomic mass is 16.5. The number of hydrogen-bond acceptors (Lipinski definition) is 3. The maximum atomic E-state index is 13.1. The second-order valence-corrected chi connectivity index (χ2v) is 6.86. The Balaban J connectivity index is 1.76. The first kappa shape index (κ1) is 15.2. The number of hydrogen-bond donors (Lipinski definition) is 0. The average Bonchev–Trinajstić information content (AvgIpc) is 3.19. The van der Waals surface area contributed by atoms with E-state index >= 15 is 0 Å². The molecule has 0 radical (unpaired) electrons. The second-order valence-electron chi connectivity index (χ2n) is 6.86. The molecule has 1 saturated heterocycles. The molecule has 4 rings (SSSR count). The van der Waals surface area contributed by atoms with E-state index in [0.29, 0.717) is 18.0 Å². The standard InChI is InChI=1S/C20H21NO3/c1-4-24-15-8-6-5-7-14(15)21-19(22)17-12-9-10-13(16(12)11(2)3)18(17)20(21)23/h5-10,12-13,17-18H,4H2,1-3H3/t12-,13-,17+,18+/m1/s1. The zero-order valence-corrected chi connectivity index (χ0v) is 14.2. The molecule has 4 atom stereocenters. The molecule has 3 aliphatic rings. The van der Waals surface area contributed by atoms with Crippen molar-refractivity contribution in [2.45, 2.75) is 20.8 Å². The van der Waals surface area contributed by atoms with Crippen LogP contribution in [0, 0.1) is 23.7 Å². The molecule has 1 saturated carbocycles. The van der Waals surface area contributed by atoms with Gasteiger partial charge in [-0.1, -0.05) is 35.4 Å². The fourth-order valence-corrected chi connectivity index (χ4v) is 4.59. The van der Waals surface area contributed by atoms with Crippen molar-refractivity contribution in [2.24, 2.45) is 23.7 Å². The van der Waals surface area contributed by atoms with Crippen LogP contribution in [-0.2, 0) is 9.59 Å². The summed E-state index contributed by atoms with van der Waals surface area (Å²) >= 11 is 0. The highest BCUT2D eigenvalue weighted by Gasteiger charge is 2.62. The Morgan fingerprint density at radius 1 is 1.04 bits per heavy atom. The molecule has 124 valence electrons. The minimum absolute atomic E-state index is 0.0747. The van der Waals surface area contributed by atoms with Gasteiger partial charge in [0.15, 0.2) is 0 Å². The van der Waals surface area contributed by atoms with Crippen molar-refractivity contribution in [1.29, 1.82) is 0 Å². The zero-order chi connectivity index (χ0) is 17.0. The van der Waals surface area contributed by atoms with E-state index in [9.17, 15) is 9.59 Å². The van der Waals surface area contributed by atoms with Gasteiger partial charge in [0.25, 0.3) is 0 Å². The molecule has 0 unspecified atom stereocenters. The third kappa shape index (κ3) is 1.86. The van der Waals surface area contributed by atoms with Crippen molar-refractivity contribution in [2.75, 3.05) is 11.5 Å².